The summed E-state index contributed by atoms with van der Waals surface area (Å²) in [5.41, 5.74) is 1.18. The van der Waals surface area contributed by atoms with Crippen LogP contribution in [0.3, 0.4) is 0 Å². The summed E-state index contributed by atoms with van der Waals surface area (Å²) in [7, 11) is 0. The van der Waals surface area contributed by atoms with Crippen molar-refractivity contribution < 1.29 is 18.7 Å². The normalized spacial score (nSPS) is 10.8. The highest BCUT2D eigenvalue weighted by Gasteiger charge is 2.14. The number of halogens is 2. The molecule has 2 N–H and O–H groups in total. The van der Waals surface area contributed by atoms with E-state index in [0.29, 0.717) is 11.3 Å². The standard InChI is InChI=1S/C14H14F2N2O2/c15-13(16)8-18-7-3-6-12(18)14(20)17-11-5-2-1-4-10(11)9-19/h1-7,13,19H,8-9H2,(H,17,20). The second-order valence-electron chi connectivity index (χ2n) is 4.21. The van der Waals surface area contributed by atoms with E-state index in [0.717, 1.165) is 0 Å². The van der Waals surface area contributed by atoms with Gasteiger partial charge in [0.1, 0.15) is 5.69 Å². The number of carbonyl (C=O) groups excluding carboxylic acids is 1. The van der Waals surface area contributed by atoms with Crippen LogP contribution in [-0.4, -0.2) is 22.0 Å². The van der Waals surface area contributed by atoms with Crippen molar-refractivity contribution in [1.82, 2.24) is 4.57 Å². The zero-order chi connectivity index (χ0) is 14.5. The number of nitrogens with one attached hydrogen (secondary N) is 1. The maximum atomic E-state index is 12.4. The summed E-state index contributed by atoms with van der Waals surface area (Å²) >= 11 is 0. The molecule has 0 unspecified atom stereocenters. The Balaban J connectivity index is 2.18. The Bertz CT molecular complexity index is 596. The predicted octanol–water partition coefficient (Wildman–Crippen LogP) is 2.50. The van der Waals surface area contributed by atoms with Crippen molar-refractivity contribution in [3.05, 3.63) is 53.9 Å². The first-order valence-corrected chi connectivity index (χ1v) is 6.05. The van der Waals surface area contributed by atoms with Crippen LogP contribution in [0.15, 0.2) is 42.6 Å². The third kappa shape index (κ3) is 3.21. The van der Waals surface area contributed by atoms with E-state index in [2.05, 4.69) is 5.32 Å². The van der Waals surface area contributed by atoms with Gasteiger partial charge in [0, 0.05) is 17.4 Å². The highest BCUT2D eigenvalue weighted by Crippen LogP contribution is 2.16. The first-order chi connectivity index (χ1) is 9.61. The molecule has 0 aliphatic heterocycles. The van der Waals surface area contributed by atoms with Gasteiger partial charge in [-0.1, -0.05) is 18.2 Å². The number of hydrogen-bond donors (Lipinski definition) is 2. The third-order valence-electron chi connectivity index (χ3n) is 2.83. The first kappa shape index (κ1) is 14.2. The van der Waals surface area contributed by atoms with Crippen LogP contribution in [0.2, 0.25) is 0 Å². The topological polar surface area (TPSA) is 54.3 Å². The minimum Gasteiger partial charge on any atom is -0.392 e. The highest BCUT2D eigenvalue weighted by atomic mass is 19.3. The molecule has 2 rings (SSSR count). The zero-order valence-electron chi connectivity index (χ0n) is 10.6. The number of hydrogen-bond acceptors (Lipinski definition) is 2. The third-order valence-corrected chi connectivity index (χ3v) is 2.83. The van der Waals surface area contributed by atoms with Gasteiger partial charge in [-0.05, 0) is 18.2 Å². The maximum Gasteiger partial charge on any atom is 0.272 e. The summed E-state index contributed by atoms with van der Waals surface area (Å²) in [6.07, 6.45) is -1.10. The number of para-hydroxylation sites is 1. The Hall–Kier alpha value is -2.21. The van der Waals surface area contributed by atoms with Gasteiger partial charge in [0.2, 0.25) is 0 Å². The Labute approximate surface area is 114 Å². The Morgan fingerprint density at radius 1 is 1.25 bits per heavy atom. The van der Waals surface area contributed by atoms with Gasteiger partial charge in [0.25, 0.3) is 12.3 Å². The molecule has 0 atom stereocenters. The van der Waals surface area contributed by atoms with E-state index in [-0.39, 0.29) is 12.3 Å². The lowest BCUT2D eigenvalue weighted by atomic mass is 10.2. The number of rotatable bonds is 5. The van der Waals surface area contributed by atoms with Gasteiger partial charge in [0.05, 0.1) is 13.2 Å². The van der Waals surface area contributed by atoms with Gasteiger partial charge in [0.15, 0.2) is 0 Å². The van der Waals surface area contributed by atoms with Crippen LogP contribution >= 0.6 is 0 Å². The van der Waals surface area contributed by atoms with Gasteiger partial charge in [-0.15, -0.1) is 0 Å². The number of aliphatic hydroxyl groups excluding tert-OH is 1. The number of anilines is 1. The average molecular weight is 280 g/mol. The molecule has 0 spiro atoms. The van der Waals surface area contributed by atoms with Gasteiger partial charge >= 0.3 is 0 Å². The number of aromatic nitrogens is 1. The fourth-order valence-electron chi connectivity index (χ4n) is 1.89. The van der Waals surface area contributed by atoms with E-state index in [4.69, 9.17) is 0 Å². The molecule has 0 saturated carbocycles. The van der Waals surface area contributed by atoms with E-state index in [9.17, 15) is 18.7 Å². The second kappa shape index (κ2) is 6.29. The molecule has 0 bridgehead atoms. The molecule has 0 radical (unpaired) electrons. The molecule has 20 heavy (non-hydrogen) atoms. The molecule has 106 valence electrons. The highest BCUT2D eigenvalue weighted by molar-refractivity contribution is 6.03. The molecule has 2 aromatic rings. The van der Waals surface area contributed by atoms with Crippen molar-refractivity contribution >= 4 is 11.6 Å². The van der Waals surface area contributed by atoms with Crippen LogP contribution in [0.25, 0.3) is 0 Å². The quantitative estimate of drug-likeness (QED) is 0.884. The van der Waals surface area contributed by atoms with Crippen LogP contribution in [0.5, 0.6) is 0 Å². The molecule has 0 aliphatic rings. The van der Waals surface area contributed by atoms with Crippen LogP contribution in [0.1, 0.15) is 16.1 Å². The van der Waals surface area contributed by atoms with E-state index < -0.39 is 18.9 Å². The monoisotopic (exact) mass is 280 g/mol. The SMILES string of the molecule is O=C(Nc1ccccc1CO)c1cccn1CC(F)F. The second-order valence-corrected chi connectivity index (χ2v) is 4.21. The lowest BCUT2D eigenvalue weighted by Gasteiger charge is -2.11. The summed E-state index contributed by atoms with van der Waals surface area (Å²) in [4.78, 5) is 12.1. The van der Waals surface area contributed by atoms with E-state index >= 15 is 0 Å². The van der Waals surface area contributed by atoms with E-state index in [1.54, 1.807) is 24.3 Å². The van der Waals surface area contributed by atoms with Crippen LogP contribution in [0, 0.1) is 0 Å². The van der Waals surface area contributed by atoms with E-state index in [1.807, 2.05) is 0 Å². The minimum absolute atomic E-state index is 0.151. The number of alkyl halides is 2. The molecular formula is C14H14F2N2O2. The summed E-state index contributed by atoms with van der Waals surface area (Å²) in [6.45, 7) is -0.744. The Kier molecular flexibility index (Phi) is 4.47. The van der Waals surface area contributed by atoms with Gasteiger partial charge in [-0.2, -0.15) is 0 Å². The van der Waals surface area contributed by atoms with Crippen molar-refractivity contribution in [2.75, 3.05) is 5.32 Å². The molecular weight excluding hydrogens is 266 g/mol. The fourth-order valence-corrected chi connectivity index (χ4v) is 1.89. The largest absolute Gasteiger partial charge is 0.392 e. The van der Waals surface area contributed by atoms with Crippen molar-refractivity contribution in [3.8, 4) is 0 Å². The van der Waals surface area contributed by atoms with Crippen molar-refractivity contribution in [2.45, 2.75) is 19.6 Å². The molecule has 4 nitrogen and oxygen atoms in total. The minimum atomic E-state index is -2.53. The molecule has 0 saturated heterocycles. The molecule has 1 aromatic carbocycles. The fraction of sp³-hybridized carbons (Fsp3) is 0.214. The molecule has 6 heteroatoms. The summed E-state index contributed by atoms with van der Waals surface area (Å²) in [5.74, 6) is -0.489. The number of aliphatic hydroxyl groups is 1. The van der Waals surface area contributed by atoms with Crippen molar-refractivity contribution in [2.24, 2.45) is 0 Å². The molecule has 1 amide bonds. The van der Waals surface area contributed by atoms with Gasteiger partial charge in [-0.25, -0.2) is 8.78 Å². The maximum absolute atomic E-state index is 12.4. The summed E-state index contributed by atoms with van der Waals surface area (Å²) in [6, 6.07) is 9.78. The number of nitrogens with zero attached hydrogens (tertiary/aromatic N) is 1. The van der Waals surface area contributed by atoms with Gasteiger partial charge in [-0.3, -0.25) is 4.79 Å². The lowest BCUT2D eigenvalue weighted by Crippen LogP contribution is -2.19. The van der Waals surface area contributed by atoms with Crippen molar-refractivity contribution in [3.63, 3.8) is 0 Å². The predicted molar refractivity (Wildman–Crippen MR) is 70.8 cm³/mol. The zero-order valence-corrected chi connectivity index (χ0v) is 10.6. The van der Waals surface area contributed by atoms with Crippen LogP contribution < -0.4 is 5.32 Å². The average Bonchev–Trinajstić information content (AvgIpc) is 2.86. The molecule has 1 aromatic heterocycles. The lowest BCUT2D eigenvalue weighted by molar-refractivity contribution is 0.0997. The summed E-state index contributed by atoms with van der Waals surface area (Å²) < 4.78 is 26.0. The number of carbonyl (C=O) groups is 1. The molecule has 1 heterocycles. The smallest absolute Gasteiger partial charge is 0.272 e. The number of amides is 1. The van der Waals surface area contributed by atoms with Crippen LogP contribution in [-0.2, 0) is 13.2 Å². The molecule has 0 fully saturated rings. The summed E-state index contributed by atoms with van der Waals surface area (Å²) in [5, 5.41) is 11.8. The van der Waals surface area contributed by atoms with Gasteiger partial charge < -0.3 is 15.0 Å². The van der Waals surface area contributed by atoms with Crippen molar-refractivity contribution in [1.29, 1.82) is 0 Å². The Morgan fingerprint density at radius 3 is 2.70 bits per heavy atom. The Morgan fingerprint density at radius 2 is 2.00 bits per heavy atom. The number of benzene rings is 1. The van der Waals surface area contributed by atoms with E-state index in [1.165, 1.54) is 22.9 Å². The first-order valence-electron chi connectivity index (χ1n) is 6.05. The van der Waals surface area contributed by atoms with Crippen LogP contribution in [0.4, 0.5) is 14.5 Å². The molecule has 0 aliphatic carbocycles.